The Balaban J connectivity index is 1.84. The maximum Gasteiger partial charge on any atom is 0.220 e. The maximum atomic E-state index is 11.7. The van der Waals surface area contributed by atoms with Gasteiger partial charge in [0.2, 0.25) is 5.91 Å². The van der Waals surface area contributed by atoms with Gasteiger partial charge in [-0.25, -0.2) is 9.97 Å². The summed E-state index contributed by atoms with van der Waals surface area (Å²) in [6, 6.07) is 2.29. The number of aromatic nitrogens is 2. The van der Waals surface area contributed by atoms with Crippen LogP contribution >= 0.6 is 0 Å². The summed E-state index contributed by atoms with van der Waals surface area (Å²) in [5.74, 6) is 1.92. The molecule has 0 unspecified atom stereocenters. The summed E-state index contributed by atoms with van der Waals surface area (Å²) < 4.78 is 0. The zero-order valence-corrected chi connectivity index (χ0v) is 12.9. The molecule has 0 spiro atoms. The number of aryl methyl sites for hydroxylation is 2. The van der Waals surface area contributed by atoms with Gasteiger partial charge in [-0.2, -0.15) is 0 Å². The first-order chi connectivity index (χ1) is 10.1. The van der Waals surface area contributed by atoms with Gasteiger partial charge in [-0.05, 0) is 39.7 Å². The van der Waals surface area contributed by atoms with E-state index in [2.05, 4.69) is 20.2 Å². The van der Waals surface area contributed by atoms with Crippen molar-refractivity contribution < 1.29 is 4.79 Å². The molecule has 0 atom stereocenters. The highest BCUT2D eigenvalue weighted by Crippen LogP contribution is 2.18. The Morgan fingerprint density at radius 3 is 2.71 bits per heavy atom. The molecule has 0 aromatic carbocycles. The molecule has 3 N–H and O–H groups in total. The summed E-state index contributed by atoms with van der Waals surface area (Å²) in [5, 5.41) is 3.09. The Morgan fingerprint density at radius 2 is 2.10 bits per heavy atom. The van der Waals surface area contributed by atoms with E-state index < -0.39 is 0 Å². The minimum Gasteiger partial charge on any atom is -0.356 e. The standard InChI is InChI=1S/C15H25N5O/c1-11-10-14(18-12(2)17-11)20-8-5-13(6-9-20)19-15(21)4-3-7-16/h10,13H,3-9,16H2,1-2H3,(H,19,21). The first-order valence-corrected chi connectivity index (χ1v) is 7.65. The lowest BCUT2D eigenvalue weighted by atomic mass is 10.0. The predicted molar refractivity (Wildman–Crippen MR) is 83.2 cm³/mol. The normalized spacial score (nSPS) is 16.0. The van der Waals surface area contributed by atoms with Crippen molar-refractivity contribution in [2.24, 2.45) is 5.73 Å². The summed E-state index contributed by atoms with van der Waals surface area (Å²) in [7, 11) is 0. The molecule has 1 aliphatic heterocycles. The zero-order valence-electron chi connectivity index (χ0n) is 12.9. The zero-order chi connectivity index (χ0) is 15.2. The Labute approximate surface area is 126 Å². The average Bonchev–Trinajstić information content (AvgIpc) is 2.45. The van der Waals surface area contributed by atoms with E-state index in [1.807, 2.05) is 19.9 Å². The summed E-state index contributed by atoms with van der Waals surface area (Å²) >= 11 is 0. The molecule has 1 aliphatic rings. The third kappa shape index (κ3) is 4.67. The molecule has 1 amide bonds. The first-order valence-electron chi connectivity index (χ1n) is 7.65. The van der Waals surface area contributed by atoms with Crippen LogP contribution in [0.1, 0.15) is 37.2 Å². The lowest BCUT2D eigenvalue weighted by Gasteiger charge is -2.33. The van der Waals surface area contributed by atoms with Crippen molar-refractivity contribution in [3.63, 3.8) is 0 Å². The molecule has 1 aromatic rings. The van der Waals surface area contributed by atoms with Gasteiger partial charge < -0.3 is 16.0 Å². The fraction of sp³-hybridized carbons (Fsp3) is 0.667. The molecule has 0 bridgehead atoms. The summed E-state index contributed by atoms with van der Waals surface area (Å²) in [4.78, 5) is 22.8. The number of hydrogen-bond donors (Lipinski definition) is 2. The van der Waals surface area contributed by atoms with E-state index in [1.165, 1.54) is 0 Å². The lowest BCUT2D eigenvalue weighted by molar-refractivity contribution is -0.122. The van der Waals surface area contributed by atoms with Crippen molar-refractivity contribution in [3.8, 4) is 0 Å². The van der Waals surface area contributed by atoms with Crippen molar-refractivity contribution in [1.29, 1.82) is 0 Å². The van der Waals surface area contributed by atoms with Gasteiger partial charge in [-0.15, -0.1) is 0 Å². The van der Waals surface area contributed by atoms with Crippen LogP contribution in [0.5, 0.6) is 0 Å². The molecule has 116 valence electrons. The van der Waals surface area contributed by atoms with Gasteiger partial charge in [0, 0.05) is 37.3 Å². The average molecular weight is 291 g/mol. The van der Waals surface area contributed by atoms with Gasteiger partial charge in [-0.1, -0.05) is 0 Å². The number of carbonyl (C=O) groups is 1. The second-order valence-electron chi connectivity index (χ2n) is 5.64. The third-order valence-corrected chi connectivity index (χ3v) is 3.74. The van der Waals surface area contributed by atoms with Crippen LogP contribution in [0.2, 0.25) is 0 Å². The number of rotatable bonds is 5. The number of carbonyl (C=O) groups excluding carboxylic acids is 1. The predicted octanol–water partition coefficient (Wildman–Crippen LogP) is 0.917. The van der Waals surface area contributed by atoms with Crippen molar-refractivity contribution in [1.82, 2.24) is 15.3 Å². The van der Waals surface area contributed by atoms with E-state index in [0.717, 1.165) is 49.7 Å². The summed E-state index contributed by atoms with van der Waals surface area (Å²) in [6.45, 7) is 6.30. The van der Waals surface area contributed by atoms with Crippen molar-refractivity contribution in [2.45, 2.75) is 45.6 Å². The molecule has 2 rings (SSSR count). The Morgan fingerprint density at radius 1 is 1.38 bits per heavy atom. The van der Waals surface area contributed by atoms with Gasteiger partial charge in [-0.3, -0.25) is 4.79 Å². The highest BCUT2D eigenvalue weighted by molar-refractivity contribution is 5.76. The summed E-state index contributed by atoms with van der Waals surface area (Å²) in [6.07, 6.45) is 3.19. The van der Waals surface area contributed by atoms with E-state index in [-0.39, 0.29) is 11.9 Å². The van der Waals surface area contributed by atoms with Gasteiger partial charge in [0.15, 0.2) is 0 Å². The van der Waals surface area contributed by atoms with E-state index in [1.54, 1.807) is 0 Å². The van der Waals surface area contributed by atoms with Gasteiger partial charge in [0.05, 0.1) is 0 Å². The SMILES string of the molecule is Cc1cc(N2CCC(NC(=O)CCCN)CC2)nc(C)n1. The van der Waals surface area contributed by atoms with Crippen LogP contribution in [0.3, 0.4) is 0 Å². The van der Waals surface area contributed by atoms with Crippen molar-refractivity contribution >= 4 is 11.7 Å². The first kappa shape index (κ1) is 15.7. The molecular formula is C15H25N5O. The van der Waals surface area contributed by atoms with E-state index in [0.29, 0.717) is 13.0 Å². The highest BCUT2D eigenvalue weighted by Gasteiger charge is 2.21. The molecular weight excluding hydrogens is 266 g/mol. The van der Waals surface area contributed by atoms with Gasteiger partial charge >= 0.3 is 0 Å². The number of nitrogens with two attached hydrogens (primary N) is 1. The maximum absolute atomic E-state index is 11.7. The monoisotopic (exact) mass is 291 g/mol. The molecule has 0 aliphatic carbocycles. The Hall–Kier alpha value is -1.69. The molecule has 0 saturated carbocycles. The fourth-order valence-corrected chi connectivity index (χ4v) is 2.67. The van der Waals surface area contributed by atoms with Crippen LogP contribution < -0.4 is 16.0 Å². The molecule has 1 aromatic heterocycles. The molecule has 6 heteroatoms. The number of nitrogens with zero attached hydrogens (tertiary/aromatic N) is 3. The van der Waals surface area contributed by atoms with Crippen LogP contribution in [-0.2, 0) is 4.79 Å². The van der Waals surface area contributed by atoms with Crippen LogP contribution in [-0.4, -0.2) is 41.6 Å². The summed E-state index contributed by atoms with van der Waals surface area (Å²) in [5.41, 5.74) is 6.41. The van der Waals surface area contributed by atoms with E-state index in [4.69, 9.17) is 5.73 Å². The molecule has 2 heterocycles. The lowest BCUT2D eigenvalue weighted by Crippen LogP contribution is -2.45. The number of piperidine rings is 1. The van der Waals surface area contributed by atoms with Crippen LogP contribution in [0.25, 0.3) is 0 Å². The van der Waals surface area contributed by atoms with Crippen molar-refractivity contribution in [2.75, 3.05) is 24.5 Å². The topological polar surface area (TPSA) is 84.1 Å². The quantitative estimate of drug-likeness (QED) is 0.842. The third-order valence-electron chi connectivity index (χ3n) is 3.74. The van der Waals surface area contributed by atoms with Gasteiger partial charge in [0.25, 0.3) is 0 Å². The second kappa shape index (κ2) is 7.36. The second-order valence-corrected chi connectivity index (χ2v) is 5.64. The smallest absolute Gasteiger partial charge is 0.220 e. The Bertz CT molecular complexity index is 463. The fourth-order valence-electron chi connectivity index (χ4n) is 2.67. The molecule has 6 nitrogen and oxygen atoms in total. The molecule has 21 heavy (non-hydrogen) atoms. The molecule has 1 fully saturated rings. The largest absolute Gasteiger partial charge is 0.356 e. The minimum atomic E-state index is 0.118. The van der Waals surface area contributed by atoms with E-state index >= 15 is 0 Å². The van der Waals surface area contributed by atoms with Crippen molar-refractivity contribution in [3.05, 3.63) is 17.6 Å². The van der Waals surface area contributed by atoms with Crippen LogP contribution in [0, 0.1) is 13.8 Å². The minimum absolute atomic E-state index is 0.118. The number of anilines is 1. The Kier molecular flexibility index (Phi) is 5.50. The van der Waals surface area contributed by atoms with Crippen LogP contribution in [0.4, 0.5) is 5.82 Å². The van der Waals surface area contributed by atoms with Crippen LogP contribution in [0.15, 0.2) is 6.07 Å². The van der Waals surface area contributed by atoms with Gasteiger partial charge in [0.1, 0.15) is 11.6 Å². The highest BCUT2D eigenvalue weighted by atomic mass is 16.1. The molecule has 1 saturated heterocycles. The molecule has 0 radical (unpaired) electrons. The number of nitrogens with one attached hydrogen (secondary N) is 1. The van der Waals surface area contributed by atoms with E-state index in [9.17, 15) is 4.79 Å². The number of amides is 1. The number of hydrogen-bond acceptors (Lipinski definition) is 5.